The van der Waals surface area contributed by atoms with E-state index >= 15 is 0 Å². The van der Waals surface area contributed by atoms with E-state index in [2.05, 4.69) is 9.98 Å². The van der Waals surface area contributed by atoms with Crippen molar-refractivity contribution in [2.24, 2.45) is 12.0 Å². The molecule has 23 heavy (non-hydrogen) atoms. The van der Waals surface area contributed by atoms with Crippen LogP contribution in [-0.4, -0.2) is 15.5 Å². The first kappa shape index (κ1) is 14.6. The Hall–Kier alpha value is -2.02. The number of carbonyl (C=O) groups excluding carboxylic acids is 1. The number of benzene rings is 2. The van der Waals surface area contributed by atoms with Gasteiger partial charge in [-0.3, -0.25) is 4.79 Å². The Morgan fingerprint density at radius 3 is 2.70 bits per heavy atom. The topological polar surface area (TPSA) is 47.2 Å². The number of carbonyl (C=O) groups is 1. The molecule has 0 radical (unpaired) electrons. The van der Waals surface area contributed by atoms with Crippen LogP contribution in [0, 0.1) is 0 Å². The van der Waals surface area contributed by atoms with Gasteiger partial charge in [-0.25, -0.2) is 4.98 Å². The van der Waals surface area contributed by atoms with Gasteiger partial charge >= 0.3 is 5.91 Å². The van der Waals surface area contributed by atoms with Gasteiger partial charge in [0.15, 0.2) is 9.81 Å². The number of nitrogens with zero attached hydrogens (tertiary/aromatic N) is 3. The molecule has 0 unspecified atom stereocenters. The lowest BCUT2D eigenvalue weighted by molar-refractivity contribution is 0.0998. The molecule has 1 amide bonds. The molecule has 0 aliphatic heterocycles. The number of halogens is 1. The third-order valence-corrected chi connectivity index (χ3v) is 5.87. The average Bonchev–Trinajstić information content (AvgIpc) is 3.10. The molecule has 4 rings (SSSR count). The predicted molar refractivity (Wildman–Crippen MR) is 95.3 cm³/mol. The SMILES string of the molecule is Cn1c(=NC(=O)c2nc3ccccc3s2)sc2cccc(Cl)c21. The van der Waals surface area contributed by atoms with E-state index < -0.39 is 0 Å². The van der Waals surface area contributed by atoms with E-state index in [0.29, 0.717) is 14.8 Å². The molecular formula is C16H10ClN3OS2. The standard InChI is InChI=1S/C16H10ClN3OS2/c1-20-13-9(17)5-4-8-12(13)23-16(20)19-14(21)15-18-10-6-2-3-7-11(10)22-15/h2-8H,1H3. The Balaban J connectivity index is 1.85. The summed E-state index contributed by atoms with van der Waals surface area (Å²) < 4.78 is 3.82. The second-order valence-corrected chi connectivity index (χ2v) is 7.38. The Bertz CT molecular complexity index is 1090. The van der Waals surface area contributed by atoms with Gasteiger partial charge in [0.1, 0.15) is 0 Å². The molecule has 0 aliphatic rings. The van der Waals surface area contributed by atoms with E-state index in [1.54, 1.807) is 0 Å². The molecule has 0 spiro atoms. The predicted octanol–water partition coefficient (Wildman–Crippen LogP) is 4.24. The summed E-state index contributed by atoms with van der Waals surface area (Å²) in [5.74, 6) is -0.329. The van der Waals surface area contributed by atoms with Gasteiger partial charge in [0.2, 0.25) is 0 Å². The molecule has 0 aliphatic carbocycles. The first-order chi connectivity index (χ1) is 11.1. The fourth-order valence-corrected chi connectivity index (χ4v) is 4.61. The molecule has 0 N–H and O–H groups in total. The highest BCUT2D eigenvalue weighted by Gasteiger charge is 2.13. The molecule has 2 heterocycles. The van der Waals surface area contributed by atoms with Crippen molar-refractivity contribution in [1.29, 1.82) is 0 Å². The van der Waals surface area contributed by atoms with Crippen molar-refractivity contribution in [3.8, 4) is 0 Å². The maximum Gasteiger partial charge on any atom is 0.308 e. The Kier molecular flexibility index (Phi) is 3.52. The van der Waals surface area contributed by atoms with E-state index in [1.807, 2.05) is 54.1 Å². The van der Waals surface area contributed by atoms with E-state index in [4.69, 9.17) is 11.6 Å². The molecule has 0 atom stereocenters. The number of aromatic nitrogens is 2. The van der Waals surface area contributed by atoms with Crippen molar-refractivity contribution < 1.29 is 4.79 Å². The van der Waals surface area contributed by atoms with Crippen molar-refractivity contribution >= 4 is 60.6 Å². The smallest absolute Gasteiger partial charge is 0.308 e. The van der Waals surface area contributed by atoms with Gasteiger partial charge in [0.05, 0.1) is 25.5 Å². The zero-order valence-electron chi connectivity index (χ0n) is 12.0. The normalized spacial score (nSPS) is 12.3. The van der Waals surface area contributed by atoms with Gasteiger partial charge in [-0.1, -0.05) is 41.1 Å². The van der Waals surface area contributed by atoms with Crippen molar-refractivity contribution in [1.82, 2.24) is 9.55 Å². The molecule has 0 fully saturated rings. The van der Waals surface area contributed by atoms with Crippen LogP contribution in [0.4, 0.5) is 0 Å². The third kappa shape index (κ3) is 2.49. The monoisotopic (exact) mass is 359 g/mol. The van der Waals surface area contributed by atoms with Gasteiger partial charge in [-0.15, -0.1) is 11.3 Å². The lowest BCUT2D eigenvalue weighted by Crippen LogP contribution is -2.13. The van der Waals surface area contributed by atoms with Crippen LogP contribution in [0.5, 0.6) is 0 Å². The van der Waals surface area contributed by atoms with E-state index in [0.717, 1.165) is 20.4 Å². The van der Waals surface area contributed by atoms with E-state index in [-0.39, 0.29) is 5.91 Å². The maximum atomic E-state index is 12.4. The molecular weight excluding hydrogens is 350 g/mol. The average molecular weight is 360 g/mol. The molecule has 0 bridgehead atoms. The van der Waals surface area contributed by atoms with Gasteiger partial charge in [-0.2, -0.15) is 4.99 Å². The lowest BCUT2D eigenvalue weighted by atomic mass is 10.3. The van der Waals surface area contributed by atoms with Crippen molar-refractivity contribution in [3.63, 3.8) is 0 Å². The van der Waals surface area contributed by atoms with Crippen molar-refractivity contribution in [2.45, 2.75) is 0 Å². The number of hydrogen-bond donors (Lipinski definition) is 0. The van der Waals surface area contributed by atoms with Gasteiger partial charge in [0, 0.05) is 7.05 Å². The highest BCUT2D eigenvalue weighted by atomic mass is 35.5. The van der Waals surface area contributed by atoms with Crippen LogP contribution in [0.1, 0.15) is 9.80 Å². The summed E-state index contributed by atoms with van der Waals surface area (Å²) in [6.07, 6.45) is 0. The summed E-state index contributed by atoms with van der Waals surface area (Å²) in [5, 5.41) is 1.05. The van der Waals surface area contributed by atoms with Crippen LogP contribution in [-0.2, 0) is 7.05 Å². The summed E-state index contributed by atoms with van der Waals surface area (Å²) in [6, 6.07) is 13.4. The number of rotatable bonds is 1. The molecule has 0 saturated heterocycles. The summed E-state index contributed by atoms with van der Waals surface area (Å²) >= 11 is 9.02. The summed E-state index contributed by atoms with van der Waals surface area (Å²) in [4.78, 5) is 21.6. The third-order valence-electron chi connectivity index (χ3n) is 3.45. The van der Waals surface area contributed by atoms with E-state index in [9.17, 15) is 4.79 Å². The Morgan fingerprint density at radius 2 is 1.91 bits per heavy atom. The zero-order valence-corrected chi connectivity index (χ0v) is 14.4. The number of para-hydroxylation sites is 2. The minimum Gasteiger partial charge on any atom is -0.318 e. The van der Waals surface area contributed by atoms with Crippen molar-refractivity contribution in [2.75, 3.05) is 0 Å². The lowest BCUT2D eigenvalue weighted by Gasteiger charge is -1.97. The molecule has 7 heteroatoms. The number of fused-ring (bicyclic) bond motifs is 2. The highest BCUT2D eigenvalue weighted by Crippen LogP contribution is 2.25. The summed E-state index contributed by atoms with van der Waals surface area (Å²) in [5.41, 5.74) is 1.70. The van der Waals surface area contributed by atoms with Gasteiger partial charge in [-0.05, 0) is 24.3 Å². The number of aryl methyl sites for hydroxylation is 1. The van der Waals surface area contributed by atoms with Gasteiger partial charge < -0.3 is 4.57 Å². The minimum absolute atomic E-state index is 0.329. The Morgan fingerprint density at radius 1 is 1.13 bits per heavy atom. The number of amides is 1. The van der Waals surface area contributed by atoms with Crippen LogP contribution in [0.15, 0.2) is 47.5 Å². The molecule has 4 nitrogen and oxygen atoms in total. The first-order valence-corrected chi connectivity index (χ1v) is 8.83. The first-order valence-electron chi connectivity index (χ1n) is 6.82. The maximum absolute atomic E-state index is 12.4. The Labute approximate surface area is 144 Å². The highest BCUT2D eigenvalue weighted by molar-refractivity contribution is 7.20. The molecule has 114 valence electrons. The van der Waals surface area contributed by atoms with Crippen molar-refractivity contribution in [3.05, 3.63) is 57.3 Å². The quantitative estimate of drug-likeness (QED) is 0.510. The van der Waals surface area contributed by atoms with Crippen LogP contribution >= 0.6 is 34.3 Å². The second-order valence-electron chi connectivity index (χ2n) is 4.93. The summed E-state index contributed by atoms with van der Waals surface area (Å²) in [6.45, 7) is 0. The molecule has 2 aromatic heterocycles. The largest absolute Gasteiger partial charge is 0.318 e. The minimum atomic E-state index is -0.329. The number of hydrogen-bond acceptors (Lipinski definition) is 4. The zero-order chi connectivity index (χ0) is 16.0. The fourth-order valence-electron chi connectivity index (χ4n) is 2.36. The van der Waals surface area contributed by atoms with Crippen LogP contribution < -0.4 is 4.80 Å². The summed E-state index contributed by atoms with van der Waals surface area (Å²) in [7, 11) is 1.86. The number of thiazole rings is 2. The van der Waals surface area contributed by atoms with Gasteiger partial charge in [0.25, 0.3) is 0 Å². The van der Waals surface area contributed by atoms with Crippen LogP contribution in [0.3, 0.4) is 0 Å². The molecule has 2 aromatic carbocycles. The van der Waals surface area contributed by atoms with Crippen LogP contribution in [0.2, 0.25) is 5.02 Å². The van der Waals surface area contributed by atoms with Crippen LogP contribution in [0.25, 0.3) is 20.4 Å². The molecule has 0 saturated carbocycles. The molecule has 4 aromatic rings. The van der Waals surface area contributed by atoms with E-state index in [1.165, 1.54) is 22.7 Å². The fraction of sp³-hybridized carbons (Fsp3) is 0.0625. The second kappa shape index (κ2) is 5.56.